The van der Waals surface area contributed by atoms with Crippen LogP contribution in [0, 0.1) is 6.92 Å². The van der Waals surface area contributed by atoms with Gasteiger partial charge in [-0.05, 0) is 13.0 Å². The lowest BCUT2D eigenvalue weighted by Crippen LogP contribution is -1.85. The molecule has 2 rings (SSSR count). The molecule has 1 aromatic heterocycles. The van der Waals surface area contributed by atoms with E-state index >= 15 is 0 Å². The van der Waals surface area contributed by atoms with Crippen LogP contribution in [0.2, 0.25) is 0 Å². The van der Waals surface area contributed by atoms with Crippen molar-refractivity contribution in [2.75, 3.05) is 6.61 Å². The fourth-order valence-corrected chi connectivity index (χ4v) is 0.964. The summed E-state index contributed by atoms with van der Waals surface area (Å²) in [6.07, 6.45) is 2.88. The van der Waals surface area contributed by atoms with Crippen LogP contribution in [0.25, 0.3) is 5.76 Å². The second-order valence-corrected chi connectivity index (χ2v) is 2.35. The minimum Gasteiger partial charge on any atom is -0.488 e. The lowest BCUT2D eigenvalue weighted by molar-refractivity contribution is 0.285. The molecule has 1 aromatic rings. The fourth-order valence-electron chi connectivity index (χ4n) is 0.964. The summed E-state index contributed by atoms with van der Waals surface area (Å²) in [5.41, 5.74) is 0. The van der Waals surface area contributed by atoms with Gasteiger partial charge in [-0.25, -0.2) is 0 Å². The van der Waals surface area contributed by atoms with Crippen LogP contribution in [-0.2, 0) is 4.74 Å². The Morgan fingerprint density at radius 1 is 1.55 bits per heavy atom. The largest absolute Gasteiger partial charge is 0.488 e. The maximum absolute atomic E-state index is 5.22. The molecule has 0 saturated heterocycles. The van der Waals surface area contributed by atoms with Crippen molar-refractivity contribution in [2.24, 2.45) is 0 Å². The highest BCUT2D eigenvalue weighted by atomic mass is 16.5. The van der Waals surface area contributed by atoms with Gasteiger partial charge in [0.2, 0.25) is 0 Å². The molecular formula is C7H8N2O2. The molecule has 0 amide bonds. The number of hydrogen-bond acceptors (Lipinski definition) is 4. The Morgan fingerprint density at radius 2 is 2.45 bits per heavy atom. The molecule has 2 heterocycles. The summed E-state index contributed by atoms with van der Waals surface area (Å²) in [4.78, 5) is 4.02. The molecule has 4 nitrogen and oxygen atoms in total. The Balaban J connectivity index is 2.28. The molecule has 0 saturated carbocycles. The van der Waals surface area contributed by atoms with Crippen molar-refractivity contribution in [3.63, 3.8) is 0 Å². The highest BCUT2D eigenvalue weighted by Gasteiger charge is 2.13. The molecule has 1 aliphatic heterocycles. The Morgan fingerprint density at radius 3 is 3.00 bits per heavy atom. The van der Waals surface area contributed by atoms with Gasteiger partial charge in [-0.2, -0.15) is 4.98 Å². The first-order valence-electron chi connectivity index (χ1n) is 3.50. The Bertz CT molecular complexity index is 290. The monoisotopic (exact) mass is 152 g/mol. The highest BCUT2D eigenvalue weighted by molar-refractivity contribution is 5.52. The molecule has 0 spiro atoms. The van der Waals surface area contributed by atoms with Gasteiger partial charge >= 0.3 is 0 Å². The lowest BCUT2D eigenvalue weighted by Gasteiger charge is -1.94. The van der Waals surface area contributed by atoms with E-state index in [9.17, 15) is 0 Å². The van der Waals surface area contributed by atoms with E-state index in [4.69, 9.17) is 9.26 Å². The normalized spacial score (nSPS) is 16.3. The smallest absolute Gasteiger partial charge is 0.292 e. The van der Waals surface area contributed by atoms with E-state index in [1.165, 1.54) is 0 Å². The fraction of sp³-hybridized carbons (Fsp3) is 0.429. The van der Waals surface area contributed by atoms with Crippen molar-refractivity contribution in [2.45, 2.75) is 13.3 Å². The van der Waals surface area contributed by atoms with Crippen LogP contribution in [0.4, 0.5) is 0 Å². The van der Waals surface area contributed by atoms with Crippen molar-refractivity contribution in [3.05, 3.63) is 17.8 Å². The van der Waals surface area contributed by atoms with E-state index in [1.54, 1.807) is 6.92 Å². The van der Waals surface area contributed by atoms with Gasteiger partial charge in [-0.1, -0.05) is 5.16 Å². The van der Waals surface area contributed by atoms with Gasteiger partial charge in [0.25, 0.3) is 5.89 Å². The first-order valence-corrected chi connectivity index (χ1v) is 3.50. The Kier molecular flexibility index (Phi) is 1.38. The van der Waals surface area contributed by atoms with Crippen molar-refractivity contribution >= 4 is 5.76 Å². The van der Waals surface area contributed by atoms with E-state index in [0.717, 1.165) is 13.0 Å². The van der Waals surface area contributed by atoms with Crippen molar-refractivity contribution in [1.29, 1.82) is 0 Å². The van der Waals surface area contributed by atoms with Crippen LogP contribution in [0.3, 0.4) is 0 Å². The van der Waals surface area contributed by atoms with E-state index in [2.05, 4.69) is 10.1 Å². The average Bonchev–Trinajstić information content (AvgIpc) is 2.55. The predicted octanol–water partition coefficient (Wildman–Crippen LogP) is 1.14. The maximum Gasteiger partial charge on any atom is 0.292 e. The highest BCUT2D eigenvalue weighted by Crippen LogP contribution is 2.19. The van der Waals surface area contributed by atoms with Gasteiger partial charge in [-0.15, -0.1) is 0 Å². The molecule has 0 atom stereocenters. The maximum atomic E-state index is 5.22. The van der Waals surface area contributed by atoms with Gasteiger partial charge in [0, 0.05) is 6.42 Å². The summed E-state index contributed by atoms with van der Waals surface area (Å²) in [7, 11) is 0. The topological polar surface area (TPSA) is 48.2 Å². The minimum atomic E-state index is 0.486. The number of ether oxygens (including phenoxy) is 1. The standard InChI is InChI=1S/C7H8N2O2/c1-5-8-7(11-9-5)6-3-2-4-10-6/h3H,2,4H2,1H3. The molecule has 0 radical (unpaired) electrons. The van der Waals surface area contributed by atoms with Crippen LogP contribution in [0.15, 0.2) is 10.6 Å². The molecule has 58 valence electrons. The zero-order valence-corrected chi connectivity index (χ0v) is 6.20. The zero-order valence-electron chi connectivity index (χ0n) is 6.20. The lowest BCUT2D eigenvalue weighted by atomic mass is 10.4. The van der Waals surface area contributed by atoms with Gasteiger partial charge in [0.05, 0.1) is 6.61 Å². The quantitative estimate of drug-likeness (QED) is 0.605. The summed E-state index contributed by atoms with van der Waals surface area (Å²) < 4.78 is 10.1. The number of rotatable bonds is 1. The number of hydrogen-bond donors (Lipinski definition) is 0. The SMILES string of the molecule is Cc1noc(C2=CCCO2)n1. The summed E-state index contributed by atoms with van der Waals surface area (Å²) >= 11 is 0. The van der Waals surface area contributed by atoms with Gasteiger partial charge < -0.3 is 9.26 Å². The Hall–Kier alpha value is -1.32. The number of aryl methyl sites for hydroxylation is 1. The summed E-state index contributed by atoms with van der Waals surface area (Å²) in [6.45, 7) is 2.50. The first-order chi connectivity index (χ1) is 5.36. The van der Waals surface area contributed by atoms with Gasteiger partial charge in [-0.3, -0.25) is 0 Å². The van der Waals surface area contributed by atoms with E-state index in [-0.39, 0.29) is 0 Å². The van der Waals surface area contributed by atoms with Gasteiger partial charge in [0.1, 0.15) is 0 Å². The predicted molar refractivity (Wildman–Crippen MR) is 37.6 cm³/mol. The van der Waals surface area contributed by atoms with Crippen LogP contribution >= 0.6 is 0 Å². The second kappa shape index (κ2) is 2.38. The molecule has 4 heteroatoms. The Labute approximate surface area is 63.9 Å². The van der Waals surface area contributed by atoms with Crippen LogP contribution in [0.5, 0.6) is 0 Å². The van der Waals surface area contributed by atoms with Crippen molar-refractivity contribution in [3.8, 4) is 0 Å². The van der Waals surface area contributed by atoms with Crippen LogP contribution < -0.4 is 0 Å². The third kappa shape index (κ3) is 1.11. The number of aromatic nitrogens is 2. The zero-order chi connectivity index (χ0) is 7.68. The first kappa shape index (κ1) is 6.39. The van der Waals surface area contributed by atoms with Crippen molar-refractivity contribution < 1.29 is 9.26 Å². The number of nitrogens with zero attached hydrogens (tertiary/aromatic N) is 2. The molecule has 0 fully saturated rings. The van der Waals surface area contributed by atoms with Crippen molar-refractivity contribution in [1.82, 2.24) is 10.1 Å². The van der Waals surface area contributed by atoms with E-state index < -0.39 is 0 Å². The second-order valence-electron chi connectivity index (χ2n) is 2.35. The summed E-state index contributed by atoms with van der Waals surface area (Å²) in [5, 5.41) is 3.65. The molecular weight excluding hydrogens is 144 g/mol. The third-order valence-electron chi connectivity index (χ3n) is 1.44. The molecule has 0 N–H and O–H groups in total. The summed E-state index contributed by atoms with van der Waals surface area (Å²) in [5.74, 6) is 1.84. The van der Waals surface area contributed by atoms with E-state index in [0.29, 0.717) is 17.5 Å². The minimum absolute atomic E-state index is 0.486. The van der Waals surface area contributed by atoms with E-state index in [1.807, 2.05) is 6.08 Å². The summed E-state index contributed by atoms with van der Waals surface area (Å²) in [6, 6.07) is 0. The van der Waals surface area contributed by atoms with Crippen LogP contribution in [-0.4, -0.2) is 16.7 Å². The third-order valence-corrected chi connectivity index (χ3v) is 1.44. The molecule has 0 aliphatic carbocycles. The van der Waals surface area contributed by atoms with Gasteiger partial charge in [0.15, 0.2) is 11.6 Å². The van der Waals surface area contributed by atoms with Crippen LogP contribution in [0.1, 0.15) is 18.1 Å². The molecule has 1 aliphatic rings. The molecule has 0 unspecified atom stereocenters. The molecule has 0 bridgehead atoms. The molecule has 11 heavy (non-hydrogen) atoms. The average molecular weight is 152 g/mol. The molecule has 0 aromatic carbocycles.